The molecular weight excluding hydrogens is 200 g/mol. The first-order valence-corrected chi connectivity index (χ1v) is 5.52. The van der Waals surface area contributed by atoms with Gasteiger partial charge in [-0.25, -0.2) is 0 Å². The summed E-state index contributed by atoms with van der Waals surface area (Å²) in [7, 11) is 1.66. The lowest BCUT2D eigenvalue weighted by molar-refractivity contribution is 0.415. The number of hydrogen-bond acceptors (Lipinski definition) is 3. The summed E-state index contributed by atoms with van der Waals surface area (Å²) in [6, 6.07) is 7.83. The van der Waals surface area contributed by atoms with Gasteiger partial charge in [-0.15, -0.1) is 0 Å². The highest BCUT2D eigenvalue weighted by Gasteiger charge is 2.25. The van der Waals surface area contributed by atoms with Crippen LogP contribution in [0, 0.1) is 0 Å². The molecule has 1 heterocycles. The first-order chi connectivity index (χ1) is 7.78. The number of nitrogens with zero attached hydrogens (tertiary/aromatic N) is 1. The van der Waals surface area contributed by atoms with Crippen LogP contribution in [0.5, 0.6) is 5.75 Å². The highest BCUT2D eigenvalue weighted by Crippen LogP contribution is 2.40. The zero-order chi connectivity index (χ0) is 11.1. The van der Waals surface area contributed by atoms with E-state index in [2.05, 4.69) is 4.98 Å². The number of nitrogens with two attached hydrogens (primary N) is 1. The van der Waals surface area contributed by atoms with E-state index in [1.54, 1.807) is 7.11 Å². The average Bonchev–Trinajstić information content (AvgIpc) is 3.12. The first kappa shape index (κ1) is 9.46. The molecule has 2 aromatic rings. The van der Waals surface area contributed by atoms with E-state index < -0.39 is 0 Å². The van der Waals surface area contributed by atoms with Gasteiger partial charge in [0.1, 0.15) is 5.75 Å². The van der Waals surface area contributed by atoms with Gasteiger partial charge in [0.05, 0.1) is 12.6 Å². The van der Waals surface area contributed by atoms with E-state index in [4.69, 9.17) is 10.5 Å². The van der Waals surface area contributed by atoms with E-state index in [0.29, 0.717) is 5.92 Å². The summed E-state index contributed by atoms with van der Waals surface area (Å²) in [4.78, 5) is 4.65. The molecule has 0 atom stereocenters. The zero-order valence-corrected chi connectivity index (χ0v) is 9.23. The van der Waals surface area contributed by atoms with Crippen molar-refractivity contribution in [1.82, 2.24) is 4.98 Å². The highest BCUT2D eigenvalue weighted by atomic mass is 16.5. The van der Waals surface area contributed by atoms with Crippen molar-refractivity contribution in [2.75, 3.05) is 12.8 Å². The maximum atomic E-state index is 6.03. The minimum Gasteiger partial charge on any atom is -0.497 e. The van der Waals surface area contributed by atoms with Crippen molar-refractivity contribution in [1.29, 1.82) is 0 Å². The van der Waals surface area contributed by atoms with Gasteiger partial charge >= 0.3 is 0 Å². The summed E-state index contributed by atoms with van der Waals surface area (Å²) in [5.41, 5.74) is 8.90. The van der Waals surface area contributed by atoms with E-state index in [1.807, 2.05) is 24.3 Å². The third-order valence-electron chi connectivity index (χ3n) is 3.06. The second kappa shape index (κ2) is 3.37. The van der Waals surface area contributed by atoms with Crippen LogP contribution in [0.2, 0.25) is 0 Å². The molecule has 16 heavy (non-hydrogen) atoms. The summed E-state index contributed by atoms with van der Waals surface area (Å²) in [6.45, 7) is 0. The maximum absolute atomic E-state index is 6.03. The quantitative estimate of drug-likeness (QED) is 0.836. The van der Waals surface area contributed by atoms with Crippen LogP contribution in [-0.4, -0.2) is 12.1 Å². The molecule has 0 amide bonds. The van der Waals surface area contributed by atoms with Crippen molar-refractivity contribution < 1.29 is 4.74 Å². The molecule has 0 aliphatic heterocycles. The fraction of sp³-hybridized carbons (Fsp3) is 0.308. The van der Waals surface area contributed by atoms with E-state index in [1.165, 1.54) is 12.8 Å². The number of pyridine rings is 1. The van der Waals surface area contributed by atoms with Gasteiger partial charge in [-0.1, -0.05) is 0 Å². The number of methoxy groups -OCH3 is 1. The molecule has 2 N–H and O–H groups in total. The Kier molecular flexibility index (Phi) is 1.99. The molecule has 1 saturated carbocycles. The standard InChI is InChI=1S/C13H14N2O/c1-16-9-4-5-10-11(14)7-12(8-2-3-8)15-13(10)6-9/h4-8H,2-3H2,1H3,(H2,14,15). The lowest BCUT2D eigenvalue weighted by atomic mass is 10.1. The Labute approximate surface area is 94.2 Å². The molecule has 0 saturated heterocycles. The van der Waals surface area contributed by atoms with Crippen molar-refractivity contribution in [3.63, 3.8) is 0 Å². The molecule has 0 unspecified atom stereocenters. The summed E-state index contributed by atoms with van der Waals surface area (Å²) in [5.74, 6) is 1.45. The molecule has 3 heteroatoms. The highest BCUT2D eigenvalue weighted by molar-refractivity contribution is 5.91. The number of fused-ring (bicyclic) bond motifs is 1. The molecule has 0 spiro atoms. The Bertz CT molecular complexity index is 547. The summed E-state index contributed by atoms with van der Waals surface area (Å²) in [6.07, 6.45) is 2.48. The van der Waals surface area contributed by atoms with Gasteiger partial charge in [-0.3, -0.25) is 4.98 Å². The SMILES string of the molecule is COc1ccc2c(N)cc(C3CC3)nc2c1. The van der Waals surface area contributed by atoms with Gasteiger partial charge in [-0.05, 0) is 31.0 Å². The van der Waals surface area contributed by atoms with Gasteiger partial charge in [0.2, 0.25) is 0 Å². The van der Waals surface area contributed by atoms with Crippen molar-refractivity contribution >= 4 is 16.6 Å². The topological polar surface area (TPSA) is 48.1 Å². The van der Waals surface area contributed by atoms with Gasteiger partial charge in [0.15, 0.2) is 0 Å². The van der Waals surface area contributed by atoms with Crippen molar-refractivity contribution in [2.45, 2.75) is 18.8 Å². The molecule has 0 bridgehead atoms. The minimum atomic E-state index is 0.623. The van der Waals surface area contributed by atoms with Gasteiger partial charge in [-0.2, -0.15) is 0 Å². The molecule has 82 valence electrons. The van der Waals surface area contributed by atoms with Crippen molar-refractivity contribution in [3.05, 3.63) is 30.0 Å². The van der Waals surface area contributed by atoms with Crippen LogP contribution in [0.15, 0.2) is 24.3 Å². The Balaban J connectivity index is 2.21. The number of ether oxygens (including phenoxy) is 1. The second-order valence-corrected chi connectivity index (χ2v) is 4.29. The Morgan fingerprint density at radius 2 is 2.12 bits per heavy atom. The number of nitrogen functional groups attached to an aromatic ring is 1. The summed E-state index contributed by atoms with van der Waals surface area (Å²) in [5, 5.41) is 1.00. The zero-order valence-electron chi connectivity index (χ0n) is 9.23. The molecule has 1 aromatic heterocycles. The van der Waals surface area contributed by atoms with E-state index in [-0.39, 0.29) is 0 Å². The first-order valence-electron chi connectivity index (χ1n) is 5.52. The van der Waals surface area contributed by atoms with E-state index in [9.17, 15) is 0 Å². The van der Waals surface area contributed by atoms with Crippen LogP contribution >= 0.6 is 0 Å². The van der Waals surface area contributed by atoms with E-state index in [0.717, 1.165) is 28.0 Å². The van der Waals surface area contributed by atoms with Crippen LogP contribution in [0.3, 0.4) is 0 Å². The third kappa shape index (κ3) is 1.48. The molecule has 1 aromatic carbocycles. The smallest absolute Gasteiger partial charge is 0.121 e. The second-order valence-electron chi connectivity index (χ2n) is 4.29. The number of anilines is 1. The lowest BCUT2D eigenvalue weighted by Crippen LogP contribution is -1.95. The maximum Gasteiger partial charge on any atom is 0.121 e. The van der Waals surface area contributed by atoms with Crippen LogP contribution in [0.25, 0.3) is 10.9 Å². The number of benzene rings is 1. The fourth-order valence-electron chi connectivity index (χ4n) is 1.97. The van der Waals surface area contributed by atoms with Gasteiger partial charge in [0, 0.05) is 28.8 Å². The molecule has 0 radical (unpaired) electrons. The van der Waals surface area contributed by atoms with Crippen LogP contribution in [0.4, 0.5) is 5.69 Å². The largest absolute Gasteiger partial charge is 0.497 e. The van der Waals surface area contributed by atoms with Crippen molar-refractivity contribution in [2.24, 2.45) is 0 Å². The van der Waals surface area contributed by atoms with Gasteiger partial charge < -0.3 is 10.5 Å². The van der Waals surface area contributed by atoms with Gasteiger partial charge in [0.25, 0.3) is 0 Å². The number of aromatic nitrogens is 1. The predicted molar refractivity (Wildman–Crippen MR) is 64.7 cm³/mol. The summed E-state index contributed by atoms with van der Waals surface area (Å²) < 4.78 is 5.20. The Morgan fingerprint density at radius 1 is 1.31 bits per heavy atom. The predicted octanol–water partition coefficient (Wildman–Crippen LogP) is 2.70. The fourth-order valence-corrected chi connectivity index (χ4v) is 1.97. The number of rotatable bonds is 2. The Hall–Kier alpha value is -1.77. The normalized spacial score (nSPS) is 15.3. The molecular formula is C13H14N2O. The molecule has 1 aliphatic rings. The van der Waals surface area contributed by atoms with Crippen LogP contribution in [0.1, 0.15) is 24.5 Å². The minimum absolute atomic E-state index is 0.623. The Morgan fingerprint density at radius 3 is 2.81 bits per heavy atom. The van der Waals surface area contributed by atoms with E-state index >= 15 is 0 Å². The average molecular weight is 214 g/mol. The molecule has 1 fully saturated rings. The molecule has 1 aliphatic carbocycles. The lowest BCUT2D eigenvalue weighted by Gasteiger charge is -2.07. The summed E-state index contributed by atoms with van der Waals surface area (Å²) >= 11 is 0. The monoisotopic (exact) mass is 214 g/mol. The third-order valence-corrected chi connectivity index (χ3v) is 3.06. The number of hydrogen-bond donors (Lipinski definition) is 1. The van der Waals surface area contributed by atoms with Crippen molar-refractivity contribution in [3.8, 4) is 5.75 Å². The van der Waals surface area contributed by atoms with Crippen LogP contribution in [-0.2, 0) is 0 Å². The van der Waals surface area contributed by atoms with Crippen LogP contribution < -0.4 is 10.5 Å². The molecule has 3 rings (SSSR count). The molecule has 3 nitrogen and oxygen atoms in total.